The first-order valence-corrected chi connectivity index (χ1v) is 6.96. The van der Waals surface area contributed by atoms with Crippen molar-refractivity contribution in [2.45, 2.75) is 25.7 Å². The normalized spacial score (nSPS) is 12.7. The predicted molar refractivity (Wildman–Crippen MR) is 86.3 cm³/mol. The zero-order chi connectivity index (χ0) is 16.9. The highest BCUT2D eigenvalue weighted by atomic mass is 35.5. The lowest BCUT2D eigenvalue weighted by Crippen LogP contribution is -2.44. The highest BCUT2D eigenvalue weighted by molar-refractivity contribution is 5.85. The van der Waals surface area contributed by atoms with E-state index >= 15 is 0 Å². The van der Waals surface area contributed by atoms with Gasteiger partial charge in [-0.15, -0.1) is 12.4 Å². The van der Waals surface area contributed by atoms with Crippen molar-refractivity contribution in [2.24, 2.45) is 5.73 Å². The first kappa shape index (κ1) is 21.7. The molecule has 0 heterocycles. The van der Waals surface area contributed by atoms with Crippen LogP contribution in [0.4, 0.5) is 13.2 Å². The molecule has 0 aliphatic heterocycles. The van der Waals surface area contributed by atoms with Crippen molar-refractivity contribution in [1.29, 1.82) is 0 Å². The van der Waals surface area contributed by atoms with Gasteiger partial charge in [0.25, 0.3) is 0 Å². The van der Waals surface area contributed by atoms with E-state index in [0.29, 0.717) is 18.7 Å². The van der Waals surface area contributed by atoms with E-state index in [1.807, 2.05) is 19.0 Å². The molecule has 1 aromatic carbocycles. The summed E-state index contributed by atoms with van der Waals surface area (Å²) >= 11 is 0. The van der Waals surface area contributed by atoms with Gasteiger partial charge in [-0.05, 0) is 38.7 Å². The summed E-state index contributed by atoms with van der Waals surface area (Å²) in [6.45, 7) is 2.69. The lowest BCUT2D eigenvalue weighted by atomic mass is 10.1. The van der Waals surface area contributed by atoms with Gasteiger partial charge in [-0.1, -0.05) is 12.1 Å². The van der Waals surface area contributed by atoms with Gasteiger partial charge in [0.2, 0.25) is 5.91 Å². The van der Waals surface area contributed by atoms with Crippen LogP contribution in [0.3, 0.4) is 0 Å². The van der Waals surface area contributed by atoms with Gasteiger partial charge in [0.1, 0.15) is 0 Å². The van der Waals surface area contributed by atoms with Gasteiger partial charge >= 0.3 is 6.18 Å². The number of nitrogens with zero attached hydrogens (tertiary/aromatic N) is 2. The third kappa shape index (κ3) is 7.20. The Labute approximate surface area is 140 Å². The molecule has 1 rings (SSSR count). The highest BCUT2D eigenvalue weighted by Crippen LogP contribution is 2.29. The van der Waals surface area contributed by atoms with Crippen LogP contribution in [0.2, 0.25) is 0 Å². The average Bonchev–Trinajstić information content (AvgIpc) is 2.41. The van der Waals surface area contributed by atoms with E-state index in [2.05, 4.69) is 0 Å². The topological polar surface area (TPSA) is 49.6 Å². The summed E-state index contributed by atoms with van der Waals surface area (Å²) in [4.78, 5) is 15.5. The predicted octanol–water partition coefficient (Wildman–Crippen LogP) is 2.36. The minimum atomic E-state index is -4.39. The number of likely N-dealkylation sites (N-methyl/N-ethyl adjacent to an activating group) is 1. The Morgan fingerprint density at radius 3 is 2.35 bits per heavy atom. The third-order valence-electron chi connectivity index (χ3n) is 3.15. The lowest BCUT2D eigenvalue weighted by Gasteiger charge is -2.26. The van der Waals surface area contributed by atoms with Crippen molar-refractivity contribution in [3.63, 3.8) is 0 Å². The van der Waals surface area contributed by atoms with Gasteiger partial charge < -0.3 is 15.5 Å². The van der Waals surface area contributed by atoms with E-state index in [1.54, 1.807) is 13.0 Å². The van der Waals surface area contributed by atoms with Crippen molar-refractivity contribution in [3.8, 4) is 0 Å². The molecule has 4 nitrogen and oxygen atoms in total. The highest BCUT2D eigenvalue weighted by Gasteiger charge is 2.30. The molecule has 1 aromatic rings. The number of rotatable bonds is 6. The van der Waals surface area contributed by atoms with Crippen LogP contribution in [0.15, 0.2) is 24.3 Å². The van der Waals surface area contributed by atoms with Crippen LogP contribution in [0, 0.1) is 0 Å². The maximum absolute atomic E-state index is 12.7. The molecule has 1 amide bonds. The van der Waals surface area contributed by atoms with Crippen molar-refractivity contribution in [3.05, 3.63) is 35.4 Å². The van der Waals surface area contributed by atoms with Crippen molar-refractivity contribution in [2.75, 3.05) is 27.2 Å². The Kier molecular flexibility index (Phi) is 8.58. The number of hydrogen-bond donors (Lipinski definition) is 1. The monoisotopic (exact) mass is 353 g/mol. The number of alkyl halides is 3. The smallest absolute Gasteiger partial charge is 0.336 e. The van der Waals surface area contributed by atoms with Crippen LogP contribution in [0.25, 0.3) is 0 Å². The average molecular weight is 354 g/mol. The number of carbonyl (C=O) groups is 1. The third-order valence-corrected chi connectivity index (χ3v) is 3.15. The molecule has 2 N–H and O–H groups in total. The van der Waals surface area contributed by atoms with Crippen LogP contribution in [-0.2, 0) is 17.5 Å². The van der Waals surface area contributed by atoms with Crippen LogP contribution < -0.4 is 5.73 Å². The molecule has 0 spiro atoms. The molecule has 0 aliphatic rings. The van der Waals surface area contributed by atoms with Crippen molar-refractivity contribution >= 4 is 18.3 Å². The molecule has 1 atom stereocenters. The van der Waals surface area contributed by atoms with Gasteiger partial charge in [-0.3, -0.25) is 4.79 Å². The molecule has 8 heteroatoms. The summed E-state index contributed by atoms with van der Waals surface area (Å²) in [7, 11) is 3.72. The van der Waals surface area contributed by atoms with Crippen molar-refractivity contribution < 1.29 is 18.0 Å². The number of benzene rings is 1. The molecular weight excluding hydrogens is 331 g/mol. The van der Waals surface area contributed by atoms with E-state index in [9.17, 15) is 18.0 Å². The number of carbonyl (C=O) groups excluding carboxylic acids is 1. The second-order valence-corrected chi connectivity index (χ2v) is 5.55. The fraction of sp³-hybridized carbons (Fsp3) is 0.533. The standard InChI is InChI=1S/C15H22F3N3O.ClH/c1-11(19)14(22)21(8-7-20(2)3)10-12-5-4-6-13(9-12)15(16,17)18;/h4-6,9,11H,7-8,10,19H2,1-3H3;1H/t11-;/m1./s1. The summed E-state index contributed by atoms with van der Waals surface area (Å²) in [6, 6.07) is 4.32. The summed E-state index contributed by atoms with van der Waals surface area (Å²) in [5, 5.41) is 0. The fourth-order valence-electron chi connectivity index (χ4n) is 1.94. The van der Waals surface area contributed by atoms with Crippen LogP contribution in [-0.4, -0.2) is 48.9 Å². The number of hydrogen-bond acceptors (Lipinski definition) is 3. The van der Waals surface area contributed by atoms with Crippen LogP contribution in [0.5, 0.6) is 0 Å². The van der Waals surface area contributed by atoms with Gasteiger partial charge in [0, 0.05) is 19.6 Å². The van der Waals surface area contributed by atoms with Gasteiger partial charge in [-0.2, -0.15) is 13.2 Å². The van der Waals surface area contributed by atoms with Gasteiger partial charge in [0.05, 0.1) is 11.6 Å². The molecule has 0 fully saturated rings. The van der Waals surface area contributed by atoms with Crippen LogP contribution in [0.1, 0.15) is 18.1 Å². The molecular formula is C15H23ClF3N3O. The minimum absolute atomic E-state index is 0. The summed E-state index contributed by atoms with van der Waals surface area (Å²) < 4.78 is 38.2. The fourth-order valence-corrected chi connectivity index (χ4v) is 1.94. The maximum Gasteiger partial charge on any atom is 0.416 e. The van der Waals surface area contributed by atoms with E-state index in [-0.39, 0.29) is 24.9 Å². The van der Waals surface area contributed by atoms with Crippen molar-refractivity contribution in [1.82, 2.24) is 9.80 Å². The quantitative estimate of drug-likeness (QED) is 0.854. The first-order chi connectivity index (χ1) is 10.1. The summed E-state index contributed by atoms with van der Waals surface area (Å²) in [5.74, 6) is -0.278. The maximum atomic E-state index is 12.7. The molecule has 132 valence electrons. The Morgan fingerprint density at radius 1 is 1.26 bits per heavy atom. The molecule has 0 aliphatic carbocycles. The van der Waals surface area contributed by atoms with Gasteiger partial charge in [-0.25, -0.2) is 0 Å². The molecule has 0 saturated heterocycles. The summed E-state index contributed by atoms with van der Waals surface area (Å²) in [6.07, 6.45) is -4.39. The number of amides is 1. The van der Waals surface area contributed by atoms with E-state index in [1.165, 1.54) is 11.0 Å². The second-order valence-electron chi connectivity index (χ2n) is 5.55. The zero-order valence-corrected chi connectivity index (χ0v) is 14.2. The van der Waals surface area contributed by atoms with E-state index in [0.717, 1.165) is 12.1 Å². The molecule has 0 saturated carbocycles. The molecule has 0 radical (unpaired) electrons. The second kappa shape index (κ2) is 9.10. The van der Waals surface area contributed by atoms with E-state index < -0.39 is 17.8 Å². The Hall–Kier alpha value is -1.31. The molecule has 0 bridgehead atoms. The van der Waals surface area contributed by atoms with E-state index in [4.69, 9.17) is 5.73 Å². The lowest BCUT2D eigenvalue weighted by molar-refractivity contribution is -0.137. The largest absolute Gasteiger partial charge is 0.416 e. The molecule has 0 aromatic heterocycles. The Bertz CT molecular complexity index is 507. The number of nitrogens with two attached hydrogens (primary N) is 1. The molecule has 23 heavy (non-hydrogen) atoms. The SMILES string of the molecule is C[C@@H](N)C(=O)N(CCN(C)C)Cc1cccc(C(F)(F)F)c1.Cl. The Morgan fingerprint density at radius 2 is 1.87 bits per heavy atom. The minimum Gasteiger partial charge on any atom is -0.336 e. The molecule has 0 unspecified atom stereocenters. The Balaban J connectivity index is 0.00000484. The number of halogens is 4. The van der Waals surface area contributed by atoms with Gasteiger partial charge in [0.15, 0.2) is 0 Å². The first-order valence-electron chi connectivity index (χ1n) is 6.96. The van der Waals surface area contributed by atoms with Crippen LogP contribution >= 0.6 is 12.4 Å². The summed E-state index contributed by atoms with van der Waals surface area (Å²) in [5.41, 5.74) is 5.33. The zero-order valence-electron chi connectivity index (χ0n) is 13.4.